The van der Waals surface area contributed by atoms with Crippen LogP contribution in [0.5, 0.6) is 0 Å². The maximum absolute atomic E-state index is 8.85. The Kier molecular flexibility index (Phi) is 3.50. The van der Waals surface area contributed by atoms with Crippen molar-refractivity contribution < 1.29 is 5.21 Å². The van der Waals surface area contributed by atoms with E-state index in [0.717, 1.165) is 26.8 Å². The van der Waals surface area contributed by atoms with Gasteiger partial charge < -0.3 is 15.5 Å². The second-order valence-corrected chi connectivity index (χ2v) is 6.92. The van der Waals surface area contributed by atoms with Crippen LogP contribution in [0.1, 0.15) is 10.4 Å². The van der Waals surface area contributed by atoms with Gasteiger partial charge in [-0.2, -0.15) is 0 Å². The van der Waals surface area contributed by atoms with Crippen LogP contribution in [0.15, 0.2) is 51.5 Å². The van der Waals surface area contributed by atoms with Gasteiger partial charge in [-0.1, -0.05) is 17.3 Å². The van der Waals surface area contributed by atoms with E-state index in [1.165, 1.54) is 4.88 Å². The fraction of sp³-hybridized carbons (Fsp3) is 0.0714. The van der Waals surface area contributed by atoms with Gasteiger partial charge in [0.05, 0.1) is 10.3 Å². The number of hydrogen-bond acceptors (Lipinski definition) is 3. The first-order valence-electron chi connectivity index (χ1n) is 5.99. The van der Waals surface area contributed by atoms with E-state index in [9.17, 15) is 0 Å². The zero-order valence-corrected chi connectivity index (χ0v) is 12.9. The lowest BCUT2D eigenvalue weighted by molar-refractivity contribution is 0.318. The van der Waals surface area contributed by atoms with Crippen LogP contribution in [0.4, 0.5) is 0 Å². The molecule has 0 amide bonds. The number of thiophene rings is 1. The van der Waals surface area contributed by atoms with Gasteiger partial charge >= 0.3 is 0 Å². The summed E-state index contributed by atoms with van der Waals surface area (Å²) in [5, 5.41) is 12.9. The summed E-state index contributed by atoms with van der Waals surface area (Å²) >= 11 is 5.19. The number of benzene rings is 1. The van der Waals surface area contributed by atoms with Gasteiger partial charge in [0.1, 0.15) is 0 Å². The van der Waals surface area contributed by atoms with Gasteiger partial charge in [-0.3, -0.25) is 0 Å². The van der Waals surface area contributed by atoms with Crippen molar-refractivity contribution in [3.8, 4) is 0 Å². The molecule has 0 aliphatic carbocycles. The van der Waals surface area contributed by atoms with Crippen LogP contribution < -0.4 is 5.73 Å². The minimum absolute atomic E-state index is 0.132. The molecule has 0 spiro atoms. The molecule has 0 unspecified atom stereocenters. The van der Waals surface area contributed by atoms with Crippen molar-refractivity contribution in [1.29, 1.82) is 0 Å². The Morgan fingerprint density at radius 1 is 1.30 bits per heavy atom. The average Bonchev–Trinajstić information content (AvgIpc) is 3.05. The Morgan fingerprint density at radius 3 is 2.85 bits per heavy atom. The minimum Gasteiger partial charge on any atom is -0.409 e. The molecule has 3 rings (SSSR count). The topological polar surface area (TPSA) is 63.5 Å². The molecule has 6 heteroatoms. The van der Waals surface area contributed by atoms with Gasteiger partial charge in [-0.05, 0) is 40.2 Å². The Hall–Kier alpha value is -1.79. The lowest BCUT2D eigenvalue weighted by atomic mass is 10.1. The number of nitrogens with two attached hydrogens (primary N) is 1. The number of oxime groups is 1. The highest BCUT2D eigenvalue weighted by Crippen LogP contribution is 2.26. The third-order valence-electron chi connectivity index (χ3n) is 3.15. The first-order valence-corrected chi connectivity index (χ1v) is 7.60. The summed E-state index contributed by atoms with van der Waals surface area (Å²) in [7, 11) is 0. The van der Waals surface area contributed by atoms with E-state index in [0.29, 0.717) is 0 Å². The number of aromatic nitrogens is 1. The molecule has 0 saturated heterocycles. The highest BCUT2D eigenvalue weighted by molar-refractivity contribution is 9.11. The third-order valence-corrected chi connectivity index (χ3v) is 4.76. The van der Waals surface area contributed by atoms with Crippen molar-refractivity contribution >= 4 is 44.0 Å². The van der Waals surface area contributed by atoms with Gasteiger partial charge in [0.25, 0.3) is 0 Å². The van der Waals surface area contributed by atoms with Crippen molar-refractivity contribution in [2.45, 2.75) is 6.54 Å². The summed E-state index contributed by atoms with van der Waals surface area (Å²) in [5.41, 5.74) is 7.53. The van der Waals surface area contributed by atoms with Crippen LogP contribution in [0.25, 0.3) is 10.9 Å². The molecule has 0 aliphatic rings. The van der Waals surface area contributed by atoms with Crippen LogP contribution in [-0.2, 0) is 6.54 Å². The molecule has 0 aliphatic heterocycles. The minimum atomic E-state index is 0.132. The van der Waals surface area contributed by atoms with E-state index in [-0.39, 0.29) is 5.84 Å². The van der Waals surface area contributed by atoms with E-state index < -0.39 is 0 Å². The number of fused-ring (bicyclic) bond motifs is 1. The van der Waals surface area contributed by atoms with Crippen LogP contribution in [0.3, 0.4) is 0 Å². The van der Waals surface area contributed by atoms with Crippen LogP contribution >= 0.6 is 27.3 Å². The Bertz CT molecular complexity index is 791. The summed E-state index contributed by atoms with van der Waals surface area (Å²) in [6.07, 6.45) is 2.02. The number of nitrogens with zero attached hydrogens (tertiary/aromatic N) is 2. The molecular formula is C14H12BrN3OS. The zero-order valence-electron chi connectivity index (χ0n) is 10.5. The average molecular weight is 350 g/mol. The summed E-state index contributed by atoms with van der Waals surface area (Å²) in [6, 6.07) is 11.9. The fourth-order valence-electron chi connectivity index (χ4n) is 2.24. The number of halogens is 1. The molecule has 0 bridgehead atoms. The lowest BCUT2D eigenvalue weighted by Crippen LogP contribution is -2.13. The molecular weight excluding hydrogens is 338 g/mol. The molecule has 0 radical (unpaired) electrons. The quantitative estimate of drug-likeness (QED) is 0.328. The monoisotopic (exact) mass is 349 g/mol. The molecule has 102 valence electrons. The largest absolute Gasteiger partial charge is 0.409 e. The number of amidine groups is 1. The number of hydrogen-bond donors (Lipinski definition) is 2. The lowest BCUT2D eigenvalue weighted by Gasteiger charge is -2.05. The van der Waals surface area contributed by atoms with Gasteiger partial charge in [-0.15, -0.1) is 11.3 Å². The first-order chi connectivity index (χ1) is 9.69. The fourth-order valence-corrected chi connectivity index (χ4v) is 3.73. The van der Waals surface area contributed by atoms with Gasteiger partial charge in [-0.25, -0.2) is 0 Å². The number of rotatable bonds is 3. The second kappa shape index (κ2) is 5.30. The molecule has 0 fully saturated rings. The molecule has 0 atom stereocenters. The highest BCUT2D eigenvalue weighted by atomic mass is 79.9. The second-order valence-electron chi connectivity index (χ2n) is 4.37. The molecule has 3 aromatic rings. The van der Waals surface area contributed by atoms with Crippen LogP contribution in [-0.4, -0.2) is 15.6 Å². The van der Waals surface area contributed by atoms with Crippen LogP contribution in [0, 0.1) is 0 Å². The van der Waals surface area contributed by atoms with E-state index >= 15 is 0 Å². The van der Waals surface area contributed by atoms with E-state index in [4.69, 9.17) is 10.9 Å². The van der Waals surface area contributed by atoms with Crippen molar-refractivity contribution in [2.75, 3.05) is 0 Å². The molecule has 2 heterocycles. The predicted molar refractivity (Wildman–Crippen MR) is 85.6 cm³/mol. The molecule has 20 heavy (non-hydrogen) atoms. The maximum atomic E-state index is 8.85. The SMILES string of the molecule is N/C(=N/O)c1cccc2c1ccn2Cc1ccc(Br)s1. The molecule has 4 nitrogen and oxygen atoms in total. The first kappa shape index (κ1) is 13.2. The van der Waals surface area contributed by atoms with Gasteiger partial charge in [0, 0.05) is 27.5 Å². The van der Waals surface area contributed by atoms with Crippen molar-refractivity contribution in [2.24, 2.45) is 10.9 Å². The summed E-state index contributed by atoms with van der Waals surface area (Å²) in [4.78, 5) is 1.27. The highest BCUT2D eigenvalue weighted by Gasteiger charge is 2.09. The summed E-state index contributed by atoms with van der Waals surface area (Å²) in [5.74, 6) is 0.132. The third kappa shape index (κ3) is 2.32. The maximum Gasteiger partial charge on any atom is 0.170 e. The smallest absolute Gasteiger partial charge is 0.170 e. The zero-order chi connectivity index (χ0) is 14.1. The summed E-state index contributed by atoms with van der Waals surface area (Å²) < 4.78 is 3.28. The van der Waals surface area contributed by atoms with Crippen molar-refractivity contribution in [3.05, 3.63) is 56.8 Å². The molecule has 1 aromatic carbocycles. The van der Waals surface area contributed by atoms with Crippen molar-refractivity contribution in [3.63, 3.8) is 0 Å². The Morgan fingerprint density at radius 2 is 2.15 bits per heavy atom. The normalized spacial score (nSPS) is 12.2. The molecule has 2 aromatic heterocycles. The summed E-state index contributed by atoms with van der Waals surface area (Å²) in [6.45, 7) is 0.805. The Balaban J connectivity index is 2.06. The predicted octanol–water partition coefficient (Wildman–Crippen LogP) is 3.61. The molecule has 3 N–H and O–H groups in total. The van der Waals surface area contributed by atoms with Gasteiger partial charge in [0.15, 0.2) is 5.84 Å². The van der Waals surface area contributed by atoms with Crippen LogP contribution in [0.2, 0.25) is 0 Å². The van der Waals surface area contributed by atoms with E-state index in [1.807, 2.05) is 36.5 Å². The Labute approximate surface area is 128 Å². The standard InChI is InChI=1S/C14H12BrN3OS/c15-13-5-4-9(20-13)8-18-7-6-10-11(14(16)17-19)2-1-3-12(10)18/h1-7,19H,8H2,(H2,16,17). The van der Waals surface area contributed by atoms with Crippen molar-refractivity contribution in [1.82, 2.24) is 4.57 Å². The van der Waals surface area contributed by atoms with E-state index in [1.54, 1.807) is 11.3 Å². The molecule has 0 saturated carbocycles. The van der Waals surface area contributed by atoms with E-state index in [2.05, 4.69) is 31.7 Å². The van der Waals surface area contributed by atoms with Gasteiger partial charge in [0.2, 0.25) is 0 Å².